The van der Waals surface area contributed by atoms with E-state index in [2.05, 4.69) is 29.6 Å². The van der Waals surface area contributed by atoms with Gasteiger partial charge in [0.05, 0.1) is 6.10 Å². The van der Waals surface area contributed by atoms with E-state index in [-0.39, 0.29) is 6.10 Å². The van der Waals surface area contributed by atoms with Gasteiger partial charge in [0.2, 0.25) is 0 Å². The van der Waals surface area contributed by atoms with Gasteiger partial charge in [-0.15, -0.1) is 0 Å². The molecule has 0 bridgehead atoms. The second-order valence-electron chi connectivity index (χ2n) is 4.82. The summed E-state index contributed by atoms with van der Waals surface area (Å²) in [6, 6.07) is 9.15. The van der Waals surface area contributed by atoms with Crippen molar-refractivity contribution in [3.63, 3.8) is 0 Å². The van der Waals surface area contributed by atoms with Crippen molar-refractivity contribution in [2.45, 2.75) is 51.8 Å². The maximum atomic E-state index is 5.61. The quantitative estimate of drug-likeness (QED) is 0.821. The van der Waals surface area contributed by atoms with Crippen LogP contribution in [0.4, 0.5) is 0 Å². The minimum atomic E-state index is 0.249. The minimum absolute atomic E-state index is 0.249. The molecule has 1 aliphatic rings. The van der Waals surface area contributed by atoms with Gasteiger partial charge >= 0.3 is 0 Å². The van der Waals surface area contributed by atoms with E-state index in [1.54, 1.807) is 0 Å². The van der Waals surface area contributed by atoms with E-state index in [1.165, 1.54) is 24.8 Å². The summed E-state index contributed by atoms with van der Waals surface area (Å²) >= 11 is 0. The third kappa shape index (κ3) is 3.24. The van der Waals surface area contributed by atoms with Crippen molar-refractivity contribution in [3.05, 3.63) is 29.8 Å². The molecule has 0 aliphatic heterocycles. The summed E-state index contributed by atoms with van der Waals surface area (Å²) in [5.41, 5.74) is 1.34. The molecule has 0 heterocycles. The summed E-state index contributed by atoms with van der Waals surface area (Å²) < 4.78 is 5.61. The highest BCUT2D eigenvalue weighted by Gasteiger charge is 2.15. The minimum Gasteiger partial charge on any atom is -0.491 e. The molecule has 0 amide bonds. The zero-order valence-corrected chi connectivity index (χ0v) is 10.2. The van der Waals surface area contributed by atoms with Crippen LogP contribution in [0.15, 0.2) is 24.3 Å². The maximum absolute atomic E-state index is 5.61. The predicted octanol–water partition coefficient (Wildman–Crippen LogP) is 3.12. The molecule has 2 nitrogen and oxygen atoms in total. The normalized spacial score (nSPS) is 16.2. The first-order chi connectivity index (χ1) is 7.74. The molecule has 0 unspecified atom stereocenters. The molecule has 0 spiro atoms. The molecule has 0 saturated heterocycles. The van der Waals surface area contributed by atoms with Crippen LogP contribution >= 0.6 is 0 Å². The van der Waals surface area contributed by atoms with Gasteiger partial charge in [-0.05, 0) is 44.4 Å². The number of nitrogens with one attached hydrogen (secondary N) is 1. The average Bonchev–Trinajstić information content (AvgIpc) is 2.17. The molecule has 0 radical (unpaired) electrons. The molecule has 1 aromatic rings. The van der Waals surface area contributed by atoms with Crippen LogP contribution in [0.2, 0.25) is 0 Å². The fourth-order valence-electron chi connectivity index (χ4n) is 1.83. The molecule has 1 N–H and O–H groups in total. The summed E-state index contributed by atoms with van der Waals surface area (Å²) in [5, 5.41) is 3.55. The molecule has 1 fully saturated rings. The summed E-state index contributed by atoms with van der Waals surface area (Å²) in [4.78, 5) is 0. The lowest BCUT2D eigenvalue weighted by Crippen LogP contribution is -2.34. The second-order valence-corrected chi connectivity index (χ2v) is 4.82. The summed E-state index contributed by atoms with van der Waals surface area (Å²) in [5.74, 6) is 0.961. The zero-order valence-electron chi connectivity index (χ0n) is 10.2. The molecular weight excluding hydrogens is 198 g/mol. The van der Waals surface area contributed by atoms with E-state index in [1.807, 2.05) is 13.8 Å². The van der Waals surface area contributed by atoms with E-state index < -0.39 is 0 Å². The van der Waals surface area contributed by atoms with Crippen molar-refractivity contribution in [1.29, 1.82) is 0 Å². The highest BCUT2D eigenvalue weighted by Crippen LogP contribution is 2.19. The zero-order chi connectivity index (χ0) is 11.4. The largest absolute Gasteiger partial charge is 0.491 e. The fraction of sp³-hybridized carbons (Fsp3) is 0.571. The third-order valence-electron chi connectivity index (χ3n) is 3.00. The summed E-state index contributed by atoms with van der Waals surface area (Å²) in [6.07, 6.45) is 4.32. The van der Waals surface area contributed by atoms with Crippen LogP contribution in [0.1, 0.15) is 38.7 Å². The average molecular weight is 219 g/mol. The Labute approximate surface area is 98.0 Å². The van der Waals surface area contributed by atoms with Gasteiger partial charge in [0.1, 0.15) is 5.75 Å². The second kappa shape index (κ2) is 5.35. The van der Waals surface area contributed by atoms with Gasteiger partial charge in [0.15, 0.2) is 0 Å². The lowest BCUT2D eigenvalue weighted by Gasteiger charge is -2.26. The number of ether oxygens (including phenoxy) is 1. The van der Waals surface area contributed by atoms with Crippen molar-refractivity contribution < 1.29 is 4.74 Å². The molecule has 2 rings (SSSR count). The predicted molar refractivity (Wildman–Crippen MR) is 66.7 cm³/mol. The fourth-order valence-corrected chi connectivity index (χ4v) is 1.83. The Balaban J connectivity index is 1.81. The van der Waals surface area contributed by atoms with Crippen LogP contribution in [0, 0.1) is 0 Å². The van der Waals surface area contributed by atoms with Gasteiger partial charge in [-0.2, -0.15) is 0 Å². The molecule has 0 atom stereocenters. The monoisotopic (exact) mass is 219 g/mol. The molecule has 0 aromatic heterocycles. The van der Waals surface area contributed by atoms with E-state index in [4.69, 9.17) is 4.74 Å². The first kappa shape index (κ1) is 11.5. The van der Waals surface area contributed by atoms with E-state index >= 15 is 0 Å². The Morgan fingerprint density at radius 1 is 1.25 bits per heavy atom. The molecule has 88 valence electrons. The third-order valence-corrected chi connectivity index (χ3v) is 3.00. The first-order valence-electron chi connectivity index (χ1n) is 6.23. The Hall–Kier alpha value is -1.02. The highest BCUT2D eigenvalue weighted by molar-refractivity contribution is 5.27. The smallest absolute Gasteiger partial charge is 0.119 e. The van der Waals surface area contributed by atoms with Crippen LogP contribution in [0.25, 0.3) is 0 Å². The number of hydrogen-bond donors (Lipinski definition) is 1. The van der Waals surface area contributed by atoms with Crippen LogP contribution < -0.4 is 10.1 Å². The van der Waals surface area contributed by atoms with Crippen molar-refractivity contribution in [1.82, 2.24) is 5.32 Å². The van der Waals surface area contributed by atoms with Gasteiger partial charge in [0.25, 0.3) is 0 Å². The van der Waals surface area contributed by atoms with Crippen LogP contribution in [-0.2, 0) is 6.54 Å². The van der Waals surface area contributed by atoms with E-state index in [0.717, 1.165) is 18.3 Å². The van der Waals surface area contributed by atoms with Crippen molar-refractivity contribution >= 4 is 0 Å². The van der Waals surface area contributed by atoms with Gasteiger partial charge < -0.3 is 10.1 Å². The number of hydrogen-bond acceptors (Lipinski definition) is 2. The lowest BCUT2D eigenvalue weighted by atomic mass is 9.93. The lowest BCUT2D eigenvalue weighted by molar-refractivity contribution is 0.242. The molecule has 1 aliphatic carbocycles. The molecule has 1 saturated carbocycles. The SMILES string of the molecule is CC(C)Oc1ccc(CNC2CCC2)cc1. The Kier molecular flexibility index (Phi) is 3.83. The van der Waals surface area contributed by atoms with Gasteiger partial charge in [-0.3, -0.25) is 0 Å². The van der Waals surface area contributed by atoms with Crippen LogP contribution in [0.3, 0.4) is 0 Å². The van der Waals surface area contributed by atoms with Gasteiger partial charge in [-0.1, -0.05) is 18.6 Å². The Morgan fingerprint density at radius 2 is 1.94 bits per heavy atom. The molecular formula is C14H21NO. The van der Waals surface area contributed by atoms with E-state index in [9.17, 15) is 0 Å². The highest BCUT2D eigenvalue weighted by atomic mass is 16.5. The standard InChI is InChI=1S/C14H21NO/c1-11(2)16-14-8-6-12(7-9-14)10-15-13-4-3-5-13/h6-9,11,13,15H,3-5,10H2,1-2H3. The molecule has 2 heteroatoms. The Bertz CT molecular complexity index is 314. The number of benzene rings is 1. The van der Waals surface area contributed by atoms with Crippen molar-refractivity contribution in [2.24, 2.45) is 0 Å². The van der Waals surface area contributed by atoms with E-state index in [0.29, 0.717) is 0 Å². The van der Waals surface area contributed by atoms with Crippen molar-refractivity contribution in [3.8, 4) is 5.75 Å². The van der Waals surface area contributed by atoms with Gasteiger partial charge in [0, 0.05) is 12.6 Å². The van der Waals surface area contributed by atoms with Gasteiger partial charge in [-0.25, -0.2) is 0 Å². The Morgan fingerprint density at radius 3 is 2.44 bits per heavy atom. The number of rotatable bonds is 5. The van der Waals surface area contributed by atoms with Crippen molar-refractivity contribution in [2.75, 3.05) is 0 Å². The summed E-state index contributed by atoms with van der Waals surface area (Å²) in [7, 11) is 0. The summed E-state index contributed by atoms with van der Waals surface area (Å²) in [6.45, 7) is 5.07. The van der Waals surface area contributed by atoms with Crippen LogP contribution in [-0.4, -0.2) is 12.1 Å². The topological polar surface area (TPSA) is 21.3 Å². The van der Waals surface area contributed by atoms with Crippen LogP contribution in [0.5, 0.6) is 5.75 Å². The first-order valence-corrected chi connectivity index (χ1v) is 6.23. The molecule has 1 aromatic carbocycles. The molecule has 16 heavy (non-hydrogen) atoms. The maximum Gasteiger partial charge on any atom is 0.119 e.